The first-order valence-electron chi connectivity index (χ1n) is 9.28. The van der Waals surface area contributed by atoms with E-state index in [1.54, 1.807) is 54.9 Å². The molecule has 0 aliphatic carbocycles. The standard InChI is InChI=1S/C21H15F2N5O2S2/c22-20(23)32-18-8-6-16(7-9-18)27-19(15-4-2-10-24-12-15)25-26-21(27)31-13-14-3-1-5-17(11-14)28(29)30/h1-12,20H,13H2. The topological polar surface area (TPSA) is 86.7 Å². The van der Waals surface area contributed by atoms with E-state index in [1.807, 2.05) is 10.6 Å². The fraction of sp³-hybridized carbons (Fsp3) is 0.0952. The van der Waals surface area contributed by atoms with E-state index in [-0.39, 0.29) is 5.69 Å². The third kappa shape index (κ3) is 5.11. The van der Waals surface area contributed by atoms with Crippen molar-refractivity contribution in [3.8, 4) is 17.1 Å². The fourth-order valence-electron chi connectivity index (χ4n) is 2.96. The summed E-state index contributed by atoms with van der Waals surface area (Å²) in [6.45, 7) is 0. The highest BCUT2D eigenvalue weighted by Crippen LogP contribution is 2.32. The molecule has 162 valence electrons. The van der Waals surface area contributed by atoms with Gasteiger partial charge in [0.1, 0.15) is 0 Å². The van der Waals surface area contributed by atoms with Gasteiger partial charge in [0, 0.05) is 46.4 Å². The lowest BCUT2D eigenvalue weighted by Gasteiger charge is -2.11. The smallest absolute Gasteiger partial charge is 0.270 e. The van der Waals surface area contributed by atoms with Crippen molar-refractivity contribution in [3.63, 3.8) is 0 Å². The Morgan fingerprint density at radius 3 is 2.56 bits per heavy atom. The van der Waals surface area contributed by atoms with E-state index >= 15 is 0 Å². The lowest BCUT2D eigenvalue weighted by atomic mass is 10.2. The molecule has 11 heteroatoms. The Morgan fingerprint density at radius 1 is 1.06 bits per heavy atom. The second kappa shape index (κ2) is 9.88. The molecule has 7 nitrogen and oxygen atoms in total. The fourth-order valence-corrected chi connectivity index (χ4v) is 4.36. The van der Waals surface area contributed by atoms with Gasteiger partial charge in [-0.25, -0.2) is 0 Å². The number of hydrogen-bond acceptors (Lipinski definition) is 7. The molecule has 0 fully saturated rings. The molecule has 2 heterocycles. The number of alkyl halides is 2. The van der Waals surface area contributed by atoms with Crippen molar-refractivity contribution in [1.82, 2.24) is 19.7 Å². The van der Waals surface area contributed by atoms with Gasteiger partial charge in [-0.05, 0) is 42.0 Å². The molecule has 0 N–H and O–H groups in total. The van der Waals surface area contributed by atoms with E-state index in [0.717, 1.165) is 11.1 Å². The maximum Gasteiger partial charge on any atom is 0.288 e. The van der Waals surface area contributed by atoms with Crippen molar-refractivity contribution < 1.29 is 13.7 Å². The Morgan fingerprint density at radius 2 is 1.88 bits per heavy atom. The number of non-ortho nitro benzene ring substituents is 1. The summed E-state index contributed by atoms with van der Waals surface area (Å²) in [5.41, 5.74) is 2.24. The van der Waals surface area contributed by atoms with E-state index in [0.29, 0.717) is 39.1 Å². The van der Waals surface area contributed by atoms with E-state index < -0.39 is 10.7 Å². The Balaban J connectivity index is 1.68. The summed E-state index contributed by atoms with van der Waals surface area (Å²) in [4.78, 5) is 15.2. The first-order valence-corrected chi connectivity index (χ1v) is 11.1. The lowest BCUT2D eigenvalue weighted by molar-refractivity contribution is -0.384. The number of rotatable bonds is 8. The van der Waals surface area contributed by atoms with Gasteiger partial charge < -0.3 is 0 Å². The van der Waals surface area contributed by atoms with Crippen LogP contribution in [0.25, 0.3) is 17.1 Å². The predicted molar refractivity (Wildman–Crippen MR) is 119 cm³/mol. The molecule has 2 aromatic carbocycles. The maximum absolute atomic E-state index is 12.7. The minimum absolute atomic E-state index is 0.0211. The third-order valence-corrected chi connectivity index (χ3v) is 6.09. The Labute approximate surface area is 190 Å². The lowest BCUT2D eigenvalue weighted by Crippen LogP contribution is -2.00. The molecule has 0 radical (unpaired) electrons. The van der Waals surface area contributed by atoms with Crippen LogP contribution in [0.1, 0.15) is 5.56 Å². The maximum atomic E-state index is 12.7. The SMILES string of the molecule is O=[N+]([O-])c1cccc(CSc2nnc(-c3cccnc3)n2-c2ccc(SC(F)F)cc2)c1. The van der Waals surface area contributed by atoms with Gasteiger partial charge in [-0.2, -0.15) is 8.78 Å². The molecule has 2 aromatic heterocycles. The van der Waals surface area contributed by atoms with Crippen LogP contribution in [0.5, 0.6) is 0 Å². The second-order valence-corrected chi connectivity index (χ2v) is 8.48. The van der Waals surface area contributed by atoms with E-state index in [1.165, 1.54) is 23.9 Å². The highest BCUT2D eigenvalue weighted by atomic mass is 32.2. The Bertz CT molecular complexity index is 1220. The molecule has 0 unspecified atom stereocenters. The Kier molecular flexibility index (Phi) is 6.76. The van der Waals surface area contributed by atoms with Crippen LogP contribution < -0.4 is 0 Å². The number of aromatic nitrogens is 4. The van der Waals surface area contributed by atoms with Crippen LogP contribution in [-0.4, -0.2) is 30.4 Å². The van der Waals surface area contributed by atoms with Crippen molar-refractivity contribution >= 4 is 29.2 Å². The number of pyridine rings is 1. The zero-order valence-electron chi connectivity index (χ0n) is 16.3. The molecule has 0 aliphatic heterocycles. The highest BCUT2D eigenvalue weighted by molar-refractivity contribution is 7.99. The minimum Gasteiger partial charge on any atom is -0.270 e. The zero-order valence-corrected chi connectivity index (χ0v) is 18.0. The van der Waals surface area contributed by atoms with Crippen molar-refractivity contribution in [2.24, 2.45) is 0 Å². The van der Waals surface area contributed by atoms with Gasteiger partial charge >= 0.3 is 0 Å². The molecule has 0 amide bonds. The van der Waals surface area contributed by atoms with Crippen molar-refractivity contribution in [2.45, 2.75) is 21.6 Å². The number of nitro benzene ring substituents is 1. The van der Waals surface area contributed by atoms with E-state index in [2.05, 4.69) is 15.2 Å². The van der Waals surface area contributed by atoms with Gasteiger partial charge in [0.05, 0.1) is 4.92 Å². The van der Waals surface area contributed by atoms with Crippen LogP contribution in [0.4, 0.5) is 14.5 Å². The van der Waals surface area contributed by atoms with Crippen molar-refractivity contribution in [3.05, 3.63) is 88.7 Å². The molecule has 0 bridgehead atoms. The molecular weight excluding hydrogens is 456 g/mol. The molecule has 4 rings (SSSR count). The quantitative estimate of drug-likeness (QED) is 0.181. The number of halogens is 2. The molecule has 0 atom stereocenters. The summed E-state index contributed by atoms with van der Waals surface area (Å²) in [7, 11) is 0. The molecule has 32 heavy (non-hydrogen) atoms. The average molecular weight is 472 g/mol. The third-order valence-electron chi connectivity index (χ3n) is 4.36. The van der Waals surface area contributed by atoms with E-state index in [4.69, 9.17) is 0 Å². The van der Waals surface area contributed by atoms with Gasteiger partial charge in [0.25, 0.3) is 11.4 Å². The highest BCUT2D eigenvalue weighted by Gasteiger charge is 2.17. The van der Waals surface area contributed by atoms with Gasteiger partial charge in [0.15, 0.2) is 11.0 Å². The molecule has 0 aliphatic rings. The van der Waals surface area contributed by atoms with Crippen LogP contribution in [0.3, 0.4) is 0 Å². The summed E-state index contributed by atoms with van der Waals surface area (Å²) < 4.78 is 27.2. The minimum atomic E-state index is -2.50. The van der Waals surface area contributed by atoms with Gasteiger partial charge in [-0.3, -0.25) is 19.7 Å². The largest absolute Gasteiger partial charge is 0.288 e. The van der Waals surface area contributed by atoms with Crippen molar-refractivity contribution in [2.75, 3.05) is 0 Å². The number of benzene rings is 2. The van der Waals surface area contributed by atoms with Gasteiger partial charge in [0.2, 0.25) is 0 Å². The molecular formula is C21H15F2N5O2S2. The van der Waals surface area contributed by atoms with Gasteiger partial charge in [-0.15, -0.1) is 10.2 Å². The summed E-state index contributed by atoms with van der Waals surface area (Å²) in [6, 6.07) is 16.7. The summed E-state index contributed by atoms with van der Waals surface area (Å²) >= 11 is 1.84. The summed E-state index contributed by atoms with van der Waals surface area (Å²) in [6.07, 6.45) is 3.31. The number of nitro groups is 1. The van der Waals surface area contributed by atoms with Gasteiger partial charge in [-0.1, -0.05) is 35.7 Å². The second-order valence-electron chi connectivity index (χ2n) is 6.47. The average Bonchev–Trinajstić information content (AvgIpc) is 3.22. The number of nitrogens with zero attached hydrogens (tertiary/aromatic N) is 5. The van der Waals surface area contributed by atoms with Crippen LogP contribution in [0.15, 0.2) is 83.1 Å². The molecule has 0 spiro atoms. The van der Waals surface area contributed by atoms with Crippen LogP contribution in [0.2, 0.25) is 0 Å². The summed E-state index contributed by atoms with van der Waals surface area (Å²) in [5, 5.41) is 20.2. The van der Waals surface area contributed by atoms with E-state index in [9.17, 15) is 18.9 Å². The van der Waals surface area contributed by atoms with Crippen LogP contribution in [0, 0.1) is 10.1 Å². The van der Waals surface area contributed by atoms with Crippen LogP contribution in [-0.2, 0) is 5.75 Å². The number of hydrogen-bond donors (Lipinski definition) is 0. The number of thioether (sulfide) groups is 2. The normalized spacial score (nSPS) is 11.1. The van der Waals surface area contributed by atoms with Crippen molar-refractivity contribution in [1.29, 1.82) is 0 Å². The monoisotopic (exact) mass is 471 g/mol. The molecule has 4 aromatic rings. The predicted octanol–water partition coefficient (Wildman–Crippen LogP) is 5.84. The molecule has 0 saturated carbocycles. The first kappa shape index (κ1) is 21.9. The first-order chi connectivity index (χ1) is 15.5. The molecule has 0 saturated heterocycles. The zero-order chi connectivity index (χ0) is 22.5. The summed E-state index contributed by atoms with van der Waals surface area (Å²) in [5.74, 6) is -1.51. The Hall–Kier alpha value is -3.31. The van der Waals surface area contributed by atoms with Crippen LogP contribution >= 0.6 is 23.5 Å².